The van der Waals surface area contributed by atoms with Gasteiger partial charge in [0.25, 0.3) is 11.8 Å². The molecule has 172 valence electrons. The molecule has 0 fully saturated rings. The van der Waals surface area contributed by atoms with E-state index in [-0.39, 0.29) is 33.7 Å². The molecule has 0 saturated carbocycles. The second kappa shape index (κ2) is 11.2. The largest absolute Gasteiger partial charge is 0.480 e. The molecule has 12 nitrogen and oxygen atoms in total. The van der Waals surface area contributed by atoms with Gasteiger partial charge in [0.1, 0.15) is 6.04 Å². The van der Waals surface area contributed by atoms with Crippen LogP contribution in [0.15, 0.2) is 52.4 Å². The van der Waals surface area contributed by atoms with Crippen LogP contribution in [0.5, 0.6) is 0 Å². The molecule has 8 N–H and O–H groups in total. The third-order valence-corrected chi connectivity index (χ3v) is 6.43. The average molecular weight is 483 g/mol. The van der Waals surface area contributed by atoms with Gasteiger partial charge in [-0.15, -0.1) is 11.3 Å². The summed E-state index contributed by atoms with van der Waals surface area (Å²) in [6.45, 7) is -0.113. The van der Waals surface area contributed by atoms with Crippen molar-refractivity contribution in [3.8, 4) is 0 Å². The number of hydrogen-bond acceptors (Lipinski definition) is 7. The fourth-order valence-corrected chi connectivity index (χ4v) is 4.39. The monoisotopic (exact) mass is 482 g/mol. The number of nitrogens with one attached hydrogen (secondary N) is 3. The average Bonchev–Trinajstić information content (AvgIpc) is 3.24. The summed E-state index contributed by atoms with van der Waals surface area (Å²) in [4.78, 5) is 39.9. The van der Waals surface area contributed by atoms with Gasteiger partial charge in [-0.1, -0.05) is 18.2 Å². The second-order valence-corrected chi connectivity index (χ2v) is 9.06. The zero-order valence-electron chi connectivity index (χ0n) is 16.6. The Labute approximate surface area is 187 Å². The van der Waals surface area contributed by atoms with Gasteiger partial charge in [0.05, 0.1) is 21.2 Å². The number of nitrogens with two attached hydrogens (primary N) is 2. The van der Waals surface area contributed by atoms with Gasteiger partial charge >= 0.3 is 5.97 Å². The van der Waals surface area contributed by atoms with E-state index in [1.807, 2.05) is 4.72 Å². The first kappa shape index (κ1) is 24.8. The van der Waals surface area contributed by atoms with Gasteiger partial charge in [0.15, 0.2) is 5.96 Å². The molecule has 0 bridgehead atoms. The molecule has 2 rings (SSSR count). The number of thiophene rings is 1. The number of carboxylic acid groups (broad SMARTS) is 1. The minimum absolute atomic E-state index is 0.0972. The lowest BCUT2D eigenvalue weighted by molar-refractivity contribution is -0.138. The van der Waals surface area contributed by atoms with Crippen LogP contribution in [0.2, 0.25) is 0 Å². The lowest BCUT2D eigenvalue weighted by atomic mass is 10.3. The zero-order valence-corrected chi connectivity index (χ0v) is 18.3. The minimum Gasteiger partial charge on any atom is -0.480 e. The lowest BCUT2D eigenvalue weighted by Gasteiger charge is -2.15. The number of aliphatic carboxylic acids is 1. The molecule has 0 aliphatic heterocycles. The molecule has 1 aromatic heterocycles. The third kappa shape index (κ3) is 7.33. The fourth-order valence-electron chi connectivity index (χ4n) is 2.34. The summed E-state index contributed by atoms with van der Waals surface area (Å²) in [5, 5.41) is 14.3. The molecule has 1 atom stereocenters. The number of nitrogens with zero attached hydrogens (tertiary/aromatic N) is 1. The summed E-state index contributed by atoms with van der Waals surface area (Å²) in [5.74, 6) is -2.64. The summed E-state index contributed by atoms with van der Waals surface area (Å²) in [6, 6.07) is 8.48. The number of hydrogen-bond donors (Lipinski definition) is 6. The van der Waals surface area contributed by atoms with Crippen molar-refractivity contribution in [1.82, 2.24) is 15.4 Å². The van der Waals surface area contributed by atoms with E-state index in [9.17, 15) is 27.9 Å². The van der Waals surface area contributed by atoms with Gasteiger partial charge in [-0.25, -0.2) is 8.42 Å². The van der Waals surface area contributed by atoms with E-state index in [0.29, 0.717) is 0 Å². The Kier molecular flexibility index (Phi) is 8.69. The standard InChI is InChI=1S/C18H22N6O6S2/c19-18(20)22-9-8-21-15(25)13-6-7-14(31-13)16(26)23-10-12(17(27)28)24-32(29,30)11-4-2-1-3-5-11/h1-7,12,24H,8-10H2,(H,21,25)(H,23,26)(H,27,28)(H4,19,20,22)/t12-/m1/s1. The predicted octanol–water partition coefficient (Wildman–Crippen LogP) is -1.09. The minimum atomic E-state index is -4.10. The summed E-state index contributed by atoms with van der Waals surface area (Å²) in [5.41, 5.74) is 10.4. The Balaban J connectivity index is 1.94. The number of guanidine groups is 1. The smallest absolute Gasteiger partial charge is 0.323 e. The van der Waals surface area contributed by atoms with E-state index in [1.54, 1.807) is 6.07 Å². The highest BCUT2D eigenvalue weighted by atomic mass is 32.2. The highest BCUT2D eigenvalue weighted by molar-refractivity contribution is 7.89. The van der Waals surface area contributed by atoms with Crippen LogP contribution in [0.3, 0.4) is 0 Å². The van der Waals surface area contributed by atoms with Crippen molar-refractivity contribution in [2.45, 2.75) is 10.9 Å². The van der Waals surface area contributed by atoms with Gasteiger partial charge in [-0.05, 0) is 24.3 Å². The van der Waals surface area contributed by atoms with Crippen LogP contribution < -0.4 is 26.8 Å². The maximum atomic E-state index is 12.3. The maximum Gasteiger partial charge on any atom is 0.323 e. The van der Waals surface area contributed by atoms with Crippen molar-refractivity contribution >= 4 is 45.1 Å². The van der Waals surface area contributed by atoms with Crippen LogP contribution in [-0.2, 0) is 14.8 Å². The number of carbonyl (C=O) groups is 3. The SMILES string of the molecule is NC(N)=NCCNC(=O)c1ccc(C(=O)NC[C@@H](NS(=O)(=O)c2ccccc2)C(=O)O)s1. The highest BCUT2D eigenvalue weighted by Crippen LogP contribution is 2.16. The van der Waals surface area contributed by atoms with Crippen molar-refractivity contribution in [1.29, 1.82) is 0 Å². The first-order chi connectivity index (χ1) is 15.1. The Morgan fingerprint density at radius 3 is 2.16 bits per heavy atom. The van der Waals surface area contributed by atoms with Crippen LogP contribution >= 0.6 is 11.3 Å². The molecule has 0 spiro atoms. The van der Waals surface area contributed by atoms with Gasteiger partial charge in [0.2, 0.25) is 10.0 Å². The van der Waals surface area contributed by atoms with Crippen LogP contribution in [0.4, 0.5) is 0 Å². The number of aliphatic imine (C=N–C) groups is 1. The quantitative estimate of drug-likeness (QED) is 0.131. The van der Waals surface area contributed by atoms with Crippen molar-refractivity contribution in [3.05, 3.63) is 52.2 Å². The first-order valence-corrected chi connectivity index (χ1v) is 11.4. The second-order valence-electron chi connectivity index (χ2n) is 6.26. The number of carboxylic acids is 1. The molecule has 0 unspecified atom stereocenters. The topological polar surface area (TPSA) is 206 Å². The third-order valence-electron chi connectivity index (χ3n) is 3.86. The molecule has 2 amide bonds. The van der Waals surface area contributed by atoms with Crippen molar-refractivity contribution in [2.24, 2.45) is 16.5 Å². The van der Waals surface area contributed by atoms with E-state index in [1.165, 1.54) is 36.4 Å². The van der Waals surface area contributed by atoms with Crippen LogP contribution in [0.1, 0.15) is 19.3 Å². The molecule has 14 heteroatoms. The van der Waals surface area contributed by atoms with Crippen molar-refractivity contribution in [3.63, 3.8) is 0 Å². The summed E-state index contributed by atoms with van der Waals surface area (Å²) in [7, 11) is -4.10. The van der Waals surface area contributed by atoms with E-state index in [4.69, 9.17) is 11.5 Å². The van der Waals surface area contributed by atoms with Crippen LogP contribution in [0.25, 0.3) is 0 Å². The normalized spacial score (nSPS) is 11.9. The summed E-state index contributed by atoms with van der Waals surface area (Å²) < 4.78 is 26.7. The van der Waals surface area contributed by atoms with Crippen molar-refractivity contribution in [2.75, 3.05) is 19.6 Å². The van der Waals surface area contributed by atoms with E-state index in [2.05, 4.69) is 15.6 Å². The zero-order chi connectivity index (χ0) is 23.7. The van der Waals surface area contributed by atoms with Gasteiger partial charge in [-0.2, -0.15) is 4.72 Å². The van der Waals surface area contributed by atoms with Gasteiger partial charge in [-0.3, -0.25) is 19.4 Å². The van der Waals surface area contributed by atoms with Gasteiger partial charge < -0.3 is 27.2 Å². The Morgan fingerprint density at radius 2 is 1.59 bits per heavy atom. The number of rotatable bonds is 11. The fraction of sp³-hybridized carbons (Fsp3) is 0.222. The molecular formula is C18H22N6O6S2. The summed E-state index contributed by atoms with van der Waals surface area (Å²) in [6.07, 6.45) is 0. The Hall–Kier alpha value is -3.49. The molecular weight excluding hydrogens is 460 g/mol. The number of carbonyl (C=O) groups excluding carboxylic acids is 2. The lowest BCUT2D eigenvalue weighted by Crippen LogP contribution is -2.48. The highest BCUT2D eigenvalue weighted by Gasteiger charge is 2.26. The molecule has 0 radical (unpaired) electrons. The molecule has 32 heavy (non-hydrogen) atoms. The first-order valence-electron chi connectivity index (χ1n) is 9.12. The molecule has 1 aromatic carbocycles. The molecule has 0 saturated heterocycles. The molecule has 2 aromatic rings. The number of sulfonamides is 1. The molecule has 0 aliphatic carbocycles. The van der Waals surface area contributed by atoms with E-state index >= 15 is 0 Å². The van der Waals surface area contributed by atoms with Crippen LogP contribution in [-0.4, -0.2) is 62.9 Å². The van der Waals surface area contributed by atoms with Crippen molar-refractivity contribution < 1.29 is 27.9 Å². The maximum absolute atomic E-state index is 12.3. The Bertz CT molecular complexity index is 1100. The number of benzene rings is 1. The van der Waals surface area contributed by atoms with E-state index in [0.717, 1.165) is 11.3 Å². The Morgan fingerprint density at radius 1 is 1.00 bits per heavy atom. The number of amides is 2. The van der Waals surface area contributed by atoms with E-state index < -0.39 is 40.4 Å². The molecule has 0 aliphatic rings. The molecule has 1 heterocycles. The van der Waals surface area contributed by atoms with Crippen LogP contribution in [0, 0.1) is 0 Å². The summed E-state index contributed by atoms with van der Waals surface area (Å²) >= 11 is 0.888. The van der Waals surface area contributed by atoms with Gasteiger partial charge in [0, 0.05) is 13.1 Å². The predicted molar refractivity (Wildman–Crippen MR) is 118 cm³/mol.